The Morgan fingerprint density at radius 3 is 2.88 bits per heavy atom. The minimum atomic E-state index is -0.930. The number of ether oxygens (including phenoxy) is 1. The van der Waals surface area contributed by atoms with Crippen LogP contribution in [0.25, 0.3) is 0 Å². The fourth-order valence-corrected chi connectivity index (χ4v) is 2.16. The third-order valence-electron chi connectivity index (χ3n) is 3.21. The number of carbonyl (C=O) groups is 1. The third-order valence-corrected chi connectivity index (χ3v) is 3.21. The number of methoxy groups -OCH3 is 1. The number of carboxylic acids is 1. The van der Waals surface area contributed by atoms with Crippen LogP contribution in [0, 0.1) is 0 Å². The number of hydrogen-bond donors (Lipinski definition) is 1. The maximum absolute atomic E-state index is 10.9. The SMILES string of the molecule is COC1CCN(Cc2occc2C(=O)O)CC1. The molecule has 1 aliphatic heterocycles. The number of aromatic carboxylic acids is 1. The van der Waals surface area contributed by atoms with Crippen molar-refractivity contribution in [3.8, 4) is 0 Å². The van der Waals surface area contributed by atoms with E-state index >= 15 is 0 Å². The number of nitrogens with zero attached hydrogens (tertiary/aromatic N) is 1. The molecule has 2 rings (SSSR count). The van der Waals surface area contributed by atoms with Crippen molar-refractivity contribution in [3.05, 3.63) is 23.7 Å². The summed E-state index contributed by atoms with van der Waals surface area (Å²) in [5, 5.41) is 8.97. The molecule has 0 amide bonds. The van der Waals surface area contributed by atoms with Gasteiger partial charge in [-0.3, -0.25) is 4.90 Å². The largest absolute Gasteiger partial charge is 0.478 e. The molecule has 1 N–H and O–H groups in total. The molecule has 0 saturated carbocycles. The third kappa shape index (κ3) is 2.87. The van der Waals surface area contributed by atoms with E-state index in [1.807, 2.05) is 0 Å². The van der Waals surface area contributed by atoms with Gasteiger partial charge in [0.15, 0.2) is 0 Å². The van der Waals surface area contributed by atoms with Gasteiger partial charge in [-0.15, -0.1) is 0 Å². The standard InChI is InChI=1S/C12H17NO4/c1-16-9-2-5-13(6-3-9)8-11-10(12(14)15)4-7-17-11/h4,7,9H,2-3,5-6,8H2,1H3,(H,14,15). The molecule has 1 aromatic rings. The van der Waals surface area contributed by atoms with Crippen LogP contribution in [-0.2, 0) is 11.3 Å². The fraction of sp³-hybridized carbons (Fsp3) is 0.583. The molecule has 17 heavy (non-hydrogen) atoms. The first-order valence-corrected chi connectivity index (χ1v) is 5.75. The van der Waals surface area contributed by atoms with Gasteiger partial charge >= 0.3 is 5.97 Å². The van der Waals surface area contributed by atoms with E-state index in [-0.39, 0.29) is 5.56 Å². The van der Waals surface area contributed by atoms with Gasteiger partial charge in [0.1, 0.15) is 11.3 Å². The highest BCUT2D eigenvalue weighted by atomic mass is 16.5. The van der Waals surface area contributed by atoms with E-state index in [9.17, 15) is 4.79 Å². The summed E-state index contributed by atoms with van der Waals surface area (Å²) in [4.78, 5) is 13.1. The van der Waals surface area contributed by atoms with Crippen LogP contribution in [0.2, 0.25) is 0 Å². The Morgan fingerprint density at radius 1 is 1.59 bits per heavy atom. The highest BCUT2D eigenvalue weighted by Gasteiger charge is 2.21. The minimum absolute atomic E-state index is 0.263. The Labute approximate surface area is 100.0 Å². The predicted octanol–water partition coefficient (Wildman–Crippen LogP) is 1.59. The van der Waals surface area contributed by atoms with Crippen molar-refractivity contribution >= 4 is 5.97 Å². The average Bonchev–Trinajstić information content (AvgIpc) is 2.78. The minimum Gasteiger partial charge on any atom is -0.478 e. The Morgan fingerprint density at radius 2 is 2.29 bits per heavy atom. The monoisotopic (exact) mass is 239 g/mol. The summed E-state index contributed by atoms with van der Waals surface area (Å²) < 4.78 is 10.5. The lowest BCUT2D eigenvalue weighted by molar-refractivity contribution is 0.0366. The Kier molecular flexibility index (Phi) is 3.81. The second-order valence-electron chi connectivity index (χ2n) is 4.27. The number of carboxylic acid groups (broad SMARTS) is 1. The summed E-state index contributed by atoms with van der Waals surface area (Å²) in [6.45, 7) is 2.39. The van der Waals surface area contributed by atoms with E-state index in [4.69, 9.17) is 14.3 Å². The molecular weight excluding hydrogens is 222 g/mol. The molecule has 1 fully saturated rings. The lowest BCUT2D eigenvalue weighted by Crippen LogP contribution is -2.36. The Hall–Kier alpha value is -1.33. The van der Waals surface area contributed by atoms with Crippen molar-refractivity contribution in [1.29, 1.82) is 0 Å². The van der Waals surface area contributed by atoms with E-state index in [0.29, 0.717) is 18.4 Å². The number of piperidine rings is 1. The second kappa shape index (κ2) is 5.33. The van der Waals surface area contributed by atoms with Crippen LogP contribution in [0.15, 0.2) is 16.7 Å². The van der Waals surface area contributed by atoms with Gasteiger partial charge in [0.2, 0.25) is 0 Å². The summed E-state index contributed by atoms with van der Waals surface area (Å²) in [6, 6.07) is 1.50. The molecule has 0 unspecified atom stereocenters. The highest BCUT2D eigenvalue weighted by molar-refractivity contribution is 5.88. The van der Waals surface area contributed by atoms with Crippen LogP contribution in [-0.4, -0.2) is 42.3 Å². The quantitative estimate of drug-likeness (QED) is 0.864. The molecule has 0 aliphatic carbocycles. The van der Waals surface area contributed by atoms with Crippen LogP contribution in [0.5, 0.6) is 0 Å². The predicted molar refractivity (Wildman–Crippen MR) is 61.0 cm³/mol. The van der Waals surface area contributed by atoms with Crippen LogP contribution in [0.4, 0.5) is 0 Å². The topological polar surface area (TPSA) is 62.9 Å². The maximum atomic E-state index is 10.9. The van der Waals surface area contributed by atoms with Crippen molar-refractivity contribution in [2.75, 3.05) is 20.2 Å². The fourth-order valence-electron chi connectivity index (χ4n) is 2.16. The van der Waals surface area contributed by atoms with Crippen LogP contribution >= 0.6 is 0 Å². The van der Waals surface area contributed by atoms with Crippen LogP contribution in [0.1, 0.15) is 29.0 Å². The molecule has 1 saturated heterocycles. The van der Waals surface area contributed by atoms with E-state index < -0.39 is 5.97 Å². The van der Waals surface area contributed by atoms with Crippen molar-refractivity contribution in [2.24, 2.45) is 0 Å². The first-order chi connectivity index (χ1) is 8.20. The highest BCUT2D eigenvalue weighted by Crippen LogP contribution is 2.18. The lowest BCUT2D eigenvalue weighted by Gasteiger charge is -2.30. The summed E-state index contributed by atoms with van der Waals surface area (Å²) >= 11 is 0. The van der Waals surface area contributed by atoms with Crippen LogP contribution < -0.4 is 0 Å². The number of likely N-dealkylation sites (tertiary alicyclic amines) is 1. The number of hydrogen-bond acceptors (Lipinski definition) is 4. The van der Waals surface area contributed by atoms with Crippen molar-refractivity contribution in [1.82, 2.24) is 4.90 Å². The smallest absolute Gasteiger partial charge is 0.339 e. The zero-order valence-electron chi connectivity index (χ0n) is 9.89. The molecule has 1 aliphatic rings. The first-order valence-electron chi connectivity index (χ1n) is 5.75. The summed E-state index contributed by atoms with van der Waals surface area (Å²) in [7, 11) is 1.73. The zero-order chi connectivity index (χ0) is 12.3. The zero-order valence-corrected chi connectivity index (χ0v) is 9.89. The van der Waals surface area contributed by atoms with E-state index in [1.165, 1.54) is 12.3 Å². The van der Waals surface area contributed by atoms with Gasteiger partial charge in [-0.2, -0.15) is 0 Å². The number of rotatable bonds is 4. The molecule has 94 valence electrons. The molecule has 0 atom stereocenters. The molecule has 5 heteroatoms. The van der Waals surface area contributed by atoms with Crippen LogP contribution in [0.3, 0.4) is 0 Å². The van der Waals surface area contributed by atoms with E-state index in [1.54, 1.807) is 7.11 Å². The maximum Gasteiger partial charge on any atom is 0.339 e. The van der Waals surface area contributed by atoms with Gasteiger partial charge in [0, 0.05) is 20.2 Å². The van der Waals surface area contributed by atoms with Gasteiger partial charge in [-0.25, -0.2) is 4.79 Å². The number of furan rings is 1. The molecule has 1 aromatic heterocycles. The normalized spacial score (nSPS) is 18.4. The molecule has 5 nitrogen and oxygen atoms in total. The van der Waals surface area contributed by atoms with Gasteiger partial charge in [-0.05, 0) is 18.9 Å². The Bertz CT molecular complexity index is 380. The van der Waals surface area contributed by atoms with Gasteiger partial charge in [0.25, 0.3) is 0 Å². The molecule has 0 spiro atoms. The van der Waals surface area contributed by atoms with Crippen molar-refractivity contribution in [3.63, 3.8) is 0 Å². The molecule has 2 heterocycles. The van der Waals surface area contributed by atoms with Crippen molar-refractivity contribution in [2.45, 2.75) is 25.5 Å². The van der Waals surface area contributed by atoms with Crippen molar-refractivity contribution < 1.29 is 19.1 Å². The molecule has 0 bridgehead atoms. The molecular formula is C12H17NO4. The summed E-state index contributed by atoms with van der Waals surface area (Å²) in [5.74, 6) is -0.395. The average molecular weight is 239 g/mol. The lowest BCUT2D eigenvalue weighted by atomic mass is 10.1. The van der Waals surface area contributed by atoms with E-state index in [2.05, 4.69) is 4.90 Å². The van der Waals surface area contributed by atoms with Gasteiger partial charge < -0.3 is 14.3 Å². The second-order valence-corrected chi connectivity index (χ2v) is 4.27. The van der Waals surface area contributed by atoms with Gasteiger partial charge in [-0.1, -0.05) is 0 Å². The van der Waals surface area contributed by atoms with Gasteiger partial charge in [0.05, 0.1) is 18.9 Å². The first kappa shape index (κ1) is 12.1. The molecule has 0 aromatic carbocycles. The summed E-state index contributed by atoms with van der Waals surface area (Å²) in [6.07, 6.45) is 3.74. The van der Waals surface area contributed by atoms with E-state index in [0.717, 1.165) is 25.9 Å². The summed E-state index contributed by atoms with van der Waals surface area (Å²) in [5.41, 5.74) is 0.263. The Balaban J connectivity index is 1.93. The molecule has 0 radical (unpaired) electrons.